The number of para-hydroxylation sites is 1. The molecule has 1 aliphatic rings. The Bertz CT molecular complexity index is 665. The highest BCUT2D eigenvalue weighted by Crippen LogP contribution is 2.19. The fraction of sp³-hybridized carbons (Fsp3) is 0.350. The maximum atomic E-state index is 12.4. The van der Waals surface area contributed by atoms with Crippen molar-refractivity contribution in [2.24, 2.45) is 0 Å². The molecule has 0 saturated carbocycles. The van der Waals surface area contributed by atoms with Crippen LogP contribution in [0.15, 0.2) is 54.6 Å². The number of urea groups is 1. The zero-order valence-electron chi connectivity index (χ0n) is 14.6. The van der Waals surface area contributed by atoms with Gasteiger partial charge in [-0.15, -0.1) is 0 Å². The highest BCUT2D eigenvalue weighted by Gasteiger charge is 2.22. The van der Waals surface area contributed by atoms with Crippen LogP contribution in [0.2, 0.25) is 0 Å². The van der Waals surface area contributed by atoms with Crippen LogP contribution in [0.4, 0.5) is 16.2 Å². The monoisotopic (exact) mass is 339 g/mol. The third-order valence-electron chi connectivity index (χ3n) is 4.34. The van der Waals surface area contributed by atoms with Crippen molar-refractivity contribution in [2.75, 3.05) is 30.3 Å². The molecular weight excluding hydrogens is 314 g/mol. The van der Waals surface area contributed by atoms with Gasteiger partial charge in [0.25, 0.3) is 0 Å². The Morgan fingerprint density at radius 1 is 1.04 bits per heavy atom. The quantitative estimate of drug-likeness (QED) is 0.859. The normalized spacial score (nSPS) is 14.8. The lowest BCUT2D eigenvalue weighted by Crippen LogP contribution is -2.44. The van der Waals surface area contributed by atoms with Gasteiger partial charge >= 0.3 is 6.03 Å². The maximum absolute atomic E-state index is 12.4. The Morgan fingerprint density at radius 2 is 1.72 bits per heavy atom. The lowest BCUT2D eigenvalue weighted by Gasteiger charge is -2.33. The minimum Gasteiger partial charge on any atom is -0.494 e. The minimum absolute atomic E-state index is 0.0395. The van der Waals surface area contributed by atoms with Crippen LogP contribution in [0.5, 0.6) is 5.75 Å². The molecule has 2 amide bonds. The molecule has 0 unspecified atom stereocenters. The Labute approximate surface area is 149 Å². The number of anilines is 2. The van der Waals surface area contributed by atoms with Gasteiger partial charge in [0, 0.05) is 30.5 Å². The summed E-state index contributed by atoms with van der Waals surface area (Å²) in [5.74, 6) is 0.813. The van der Waals surface area contributed by atoms with E-state index in [0.717, 1.165) is 43.1 Å². The van der Waals surface area contributed by atoms with Crippen molar-refractivity contribution in [2.45, 2.75) is 25.8 Å². The molecule has 1 saturated heterocycles. The molecule has 0 aromatic heterocycles. The molecule has 0 atom stereocenters. The van der Waals surface area contributed by atoms with E-state index >= 15 is 0 Å². The highest BCUT2D eigenvalue weighted by molar-refractivity contribution is 5.89. The third-order valence-corrected chi connectivity index (χ3v) is 4.34. The maximum Gasteiger partial charge on any atom is 0.321 e. The van der Waals surface area contributed by atoms with Crippen LogP contribution in [0.3, 0.4) is 0 Å². The van der Waals surface area contributed by atoms with Crippen molar-refractivity contribution < 1.29 is 9.53 Å². The first-order valence-corrected chi connectivity index (χ1v) is 8.85. The zero-order valence-corrected chi connectivity index (χ0v) is 14.6. The second-order valence-corrected chi connectivity index (χ2v) is 6.16. The minimum atomic E-state index is -0.0395. The van der Waals surface area contributed by atoms with Crippen LogP contribution in [0.1, 0.15) is 19.8 Å². The van der Waals surface area contributed by atoms with Gasteiger partial charge in [-0.1, -0.05) is 18.2 Å². The fourth-order valence-corrected chi connectivity index (χ4v) is 3.00. The van der Waals surface area contributed by atoms with Gasteiger partial charge in [0.05, 0.1) is 6.61 Å². The molecule has 0 bridgehead atoms. The Hall–Kier alpha value is -2.69. The van der Waals surface area contributed by atoms with Gasteiger partial charge in [0.15, 0.2) is 0 Å². The summed E-state index contributed by atoms with van der Waals surface area (Å²) in [4.78, 5) is 14.3. The van der Waals surface area contributed by atoms with E-state index in [-0.39, 0.29) is 6.03 Å². The van der Waals surface area contributed by atoms with Crippen LogP contribution in [0.25, 0.3) is 0 Å². The molecule has 1 aliphatic heterocycles. The average Bonchev–Trinajstić information content (AvgIpc) is 2.65. The second kappa shape index (κ2) is 8.42. The molecule has 0 radical (unpaired) electrons. The zero-order chi connectivity index (χ0) is 17.5. The smallest absolute Gasteiger partial charge is 0.321 e. The number of nitrogens with one attached hydrogen (secondary N) is 2. The fourth-order valence-electron chi connectivity index (χ4n) is 3.00. The van der Waals surface area contributed by atoms with Crippen LogP contribution >= 0.6 is 0 Å². The van der Waals surface area contributed by atoms with E-state index in [4.69, 9.17) is 4.74 Å². The molecule has 5 heteroatoms. The summed E-state index contributed by atoms with van der Waals surface area (Å²) >= 11 is 0. The Balaban J connectivity index is 1.46. The highest BCUT2D eigenvalue weighted by atomic mass is 16.5. The molecule has 1 heterocycles. The number of ether oxygens (including phenoxy) is 1. The summed E-state index contributed by atoms with van der Waals surface area (Å²) in [7, 11) is 0. The van der Waals surface area contributed by atoms with Crippen molar-refractivity contribution in [3.63, 3.8) is 0 Å². The molecule has 2 aromatic rings. The van der Waals surface area contributed by atoms with E-state index in [2.05, 4.69) is 22.8 Å². The van der Waals surface area contributed by atoms with Crippen LogP contribution in [-0.2, 0) is 0 Å². The Morgan fingerprint density at radius 3 is 2.36 bits per heavy atom. The third kappa shape index (κ3) is 4.89. The van der Waals surface area contributed by atoms with Gasteiger partial charge in [0.2, 0.25) is 0 Å². The van der Waals surface area contributed by atoms with Crippen LogP contribution in [-0.4, -0.2) is 36.7 Å². The molecule has 25 heavy (non-hydrogen) atoms. The van der Waals surface area contributed by atoms with E-state index in [1.807, 2.05) is 54.3 Å². The number of likely N-dealkylation sites (tertiary alicyclic amines) is 1. The van der Waals surface area contributed by atoms with E-state index in [1.54, 1.807) is 0 Å². The van der Waals surface area contributed by atoms with Crippen molar-refractivity contribution in [1.82, 2.24) is 4.90 Å². The predicted molar refractivity (Wildman–Crippen MR) is 101 cm³/mol. The molecular formula is C20H25N3O2. The molecule has 0 aliphatic carbocycles. The number of amides is 2. The van der Waals surface area contributed by atoms with Crippen molar-refractivity contribution in [3.05, 3.63) is 54.6 Å². The topological polar surface area (TPSA) is 53.6 Å². The van der Waals surface area contributed by atoms with Gasteiger partial charge in [0.1, 0.15) is 5.75 Å². The number of hydrogen-bond donors (Lipinski definition) is 2. The van der Waals surface area contributed by atoms with Crippen LogP contribution < -0.4 is 15.4 Å². The van der Waals surface area contributed by atoms with E-state index in [0.29, 0.717) is 12.6 Å². The molecule has 2 N–H and O–H groups in total. The van der Waals surface area contributed by atoms with Crippen molar-refractivity contribution >= 4 is 17.4 Å². The summed E-state index contributed by atoms with van der Waals surface area (Å²) < 4.78 is 5.41. The summed E-state index contributed by atoms with van der Waals surface area (Å²) in [5, 5.41) is 6.49. The van der Waals surface area contributed by atoms with Crippen LogP contribution in [0, 0.1) is 0 Å². The van der Waals surface area contributed by atoms with Crippen molar-refractivity contribution in [1.29, 1.82) is 0 Å². The summed E-state index contributed by atoms with van der Waals surface area (Å²) in [6, 6.07) is 18.1. The molecule has 2 aromatic carbocycles. The molecule has 1 fully saturated rings. The first-order chi connectivity index (χ1) is 12.2. The SMILES string of the molecule is CCOc1ccc(NC(=O)N2CCC(Nc3ccccc3)CC2)cc1. The summed E-state index contributed by atoms with van der Waals surface area (Å²) in [6.45, 7) is 4.10. The van der Waals surface area contributed by atoms with Gasteiger partial charge < -0.3 is 20.3 Å². The second-order valence-electron chi connectivity index (χ2n) is 6.16. The summed E-state index contributed by atoms with van der Waals surface area (Å²) in [5.41, 5.74) is 1.93. The number of carbonyl (C=O) groups is 1. The number of nitrogens with zero attached hydrogens (tertiary/aromatic N) is 1. The van der Waals surface area contributed by atoms with Gasteiger partial charge in [-0.2, -0.15) is 0 Å². The molecule has 0 spiro atoms. The Kier molecular flexibility index (Phi) is 5.77. The molecule has 132 valence electrons. The number of benzene rings is 2. The number of piperidine rings is 1. The first kappa shape index (κ1) is 17.1. The first-order valence-electron chi connectivity index (χ1n) is 8.85. The van der Waals surface area contributed by atoms with Gasteiger partial charge in [-0.3, -0.25) is 0 Å². The standard InChI is InChI=1S/C20H25N3O2/c1-2-25-19-10-8-17(9-11-19)22-20(24)23-14-12-18(13-15-23)21-16-6-4-3-5-7-16/h3-11,18,21H,2,12-15H2,1H3,(H,22,24). The van der Waals surface area contributed by atoms with E-state index < -0.39 is 0 Å². The lowest BCUT2D eigenvalue weighted by atomic mass is 10.0. The average molecular weight is 339 g/mol. The number of rotatable bonds is 5. The summed E-state index contributed by atoms with van der Waals surface area (Å²) in [6.07, 6.45) is 1.90. The number of hydrogen-bond acceptors (Lipinski definition) is 3. The van der Waals surface area contributed by atoms with Crippen molar-refractivity contribution in [3.8, 4) is 5.75 Å². The van der Waals surface area contributed by atoms with E-state index in [9.17, 15) is 4.79 Å². The van der Waals surface area contributed by atoms with Gasteiger partial charge in [-0.05, 0) is 56.2 Å². The largest absolute Gasteiger partial charge is 0.494 e. The molecule has 5 nitrogen and oxygen atoms in total. The van der Waals surface area contributed by atoms with Gasteiger partial charge in [-0.25, -0.2) is 4.79 Å². The predicted octanol–water partition coefficient (Wildman–Crippen LogP) is 4.19. The number of carbonyl (C=O) groups excluding carboxylic acids is 1. The molecule has 3 rings (SSSR count). The lowest BCUT2D eigenvalue weighted by molar-refractivity contribution is 0.197. The van der Waals surface area contributed by atoms with E-state index in [1.165, 1.54) is 0 Å².